The fraction of sp³-hybridized carbons (Fsp3) is 0.643. The number of aliphatic hydroxyl groups is 1. The van der Waals surface area contributed by atoms with Crippen LogP contribution in [-0.2, 0) is 6.54 Å². The predicted octanol–water partition coefficient (Wildman–Crippen LogP) is 1.65. The lowest BCUT2D eigenvalue weighted by Crippen LogP contribution is -2.59. The van der Waals surface area contributed by atoms with Gasteiger partial charge in [-0.05, 0) is 13.3 Å². The molecule has 100 valence electrons. The highest BCUT2D eigenvalue weighted by Crippen LogP contribution is 2.40. The van der Waals surface area contributed by atoms with E-state index in [0.29, 0.717) is 12.6 Å². The Kier molecular flexibility index (Phi) is 3.59. The molecular weight excluding hydrogens is 228 g/mol. The molecule has 2 unspecified atom stereocenters. The summed E-state index contributed by atoms with van der Waals surface area (Å²) < 4.78 is 5.23. The molecule has 4 nitrogen and oxygen atoms in total. The van der Waals surface area contributed by atoms with Crippen LogP contribution < -0.4 is 10.1 Å². The SMILES string of the molecule is COc1cc(C)nc(CNC2CC(O)C2(C)C)c1. The van der Waals surface area contributed by atoms with Gasteiger partial charge in [0.2, 0.25) is 0 Å². The zero-order valence-corrected chi connectivity index (χ0v) is 11.5. The summed E-state index contributed by atoms with van der Waals surface area (Å²) in [6, 6.07) is 4.21. The molecule has 2 N–H and O–H groups in total. The molecule has 0 amide bonds. The summed E-state index contributed by atoms with van der Waals surface area (Å²) in [5, 5.41) is 13.2. The van der Waals surface area contributed by atoms with Crippen molar-refractivity contribution in [3.63, 3.8) is 0 Å². The number of rotatable bonds is 4. The van der Waals surface area contributed by atoms with E-state index < -0.39 is 0 Å². The fourth-order valence-corrected chi connectivity index (χ4v) is 2.39. The van der Waals surface area contributed by atoms with Gasteiger partial charge in [0, 0.05) is 35.8 Å². The number of aliphatic hydroxyl groups excluding tert-OH is 1. The van der Waals surface area contributed by atoms with E-state index in [2.05, 4.69) is 24.1 Å². The molecule has 1 fully saturated rings. The zero-order chi connectivity index (χ0) is 13.3. The van der Waals surface area contributed by atoms with Crippen molar-refractivity contribution >= 4 is 0 Å². The normalized spacial score (nSPS) is 25.6. The van der Waals surface area contributed by atoms with Gasteiger partial charge in [-0.25, -0.2) is 0 Å². The third kappa shape index (κ3) is 2.49. The highest BCUT2D eigenvalue weighted by atomic mass is 16.5. The first-order valence-corrected chi connectivity index (χ1v) is 6.36. The molecule has 2 atom stereocenters. The number of ether oxygens (including phenoxy) is 1. The van der Waals surface area contributed by atoms with Crippen LogP contribution in [0.25, 0.3) is 0 Å². The van der Waals surface area contributed by atoms with Gasteiger partial charge in [-0.15, -0.1) is 0 Å². The fourth-order valence-electron chi connectivity index (χ4n) is 2.39. The minimum absolute atomic E-state index is 0.0477. The summed E-state index contributed by atoms with van der Waals surface area (Å²) >= 11 is 0. The molecule has 4 heteroatoms. The second-order valence-corrected chi connectivity index (χ2v) is 5.65. The van der Waals surface area contributed by atoms with Gasteiger partial charge in [0.05, 0.1) is 18.9 Å². The number of hydrogen-bond donors (Lipinski definition) is 2. The summed E-state index contributed by atoms with van der Waals surface area (Å²) in [5.74, 6) is 0.840. The molecular formula is C14H22N2O2. The third-order valence-electron chi connectivity index (χ3n) is 3.96. The van der Waals surface area contributed by atoms with Crippen LogP contribution in [0.3, 0.4) is 0 Å². The topological polar surface area (TPSA) is 54.4 Å². The monoisotopic (exact) mass is 250 g/mol. The Bertz CT molecular complexity index is 432. The highest BCUT2D eigenvalue weighted by Gasteiger charge is 2.46. The molecule has 1 heterocycles. The van der Waals surface area contributed by atoms with E-state index in [4.69, 9.17) is 4.74 Å². The summed E-state index contributed by atoms with van der Waals surface area (Å²) in [5.41, 5.74) is 1.89. The van der Waals surface area contributed by atoms with E-state index in [1.165, 1.54) is 0 Å². The van der Waals surface area contributed by atoms with E-state index in [9.17, 15) is 5.11 Å². The molecule has 0 spiro atoms. The number of nitrogens with zero attached hydrogens (tertiary/aromatic N) is 1. The first kappa shape index (κ1) is 13.3. The van der Waals surface area contributed by atoms with Crippen LogP contribution in [0.1, 0.15) is 31.7 Å². The van der Waals surface area contributed by atoms with Gasteiger partial charge in [-0.1, -0.05) is 13.8 Å². The molecule has 0 aromatic carbocycles. The van der Waals surface area contributed by atoms with Crippen LogP contribution in [0.15, 0.2) is 12.1 Å². The standard InChI is InChI=1S/C14H22N2O2/c1-9-5-11(18-4)6-10(16-9)8-15-12-7-13(17)14(12,2)3/h5-6,12-13,15,17H,7-8H2,1-4H3. The van der Waals surface area contributed by atoms with Gasteiger partial charge in [-0.3, -0.25) is 4.98 Å². The Morgan fingerprint density at radius 1 is 1.50 bits per heavy atom. The number of nitrogens with one attached hydrogen (secondary N) is 1. The molecule has 1 aliphatic carbocycles. The van der Waals surface area contributed by atoms with Crippen molar-refractivity contribution in [1.29, 1.82) is 0 Å². The maximum atomic E-state index is 9.69. The molecule has 1 saturated carbocycles. The Morgan fingerprint density at radius 2 is 2.22 bits per heavy atom. The molecule has 1 aromatic heterocycles. The molecule has 0 aliphatic heterocycles. The van der Waals surface area contributed by atoms with Crippen molar-refractivity contribution in [3.8, 4) is 5.75 Å². The second-order valence-electron chi connectivity index (χ2n) is 5.65. The van der Waals surface area contributed by atoms with E-state index >= 15 is 0 Å². The van der Waals surface area contributed by atoms with Gasteiger partial charge in [0.25, 0.3) is 0 Å². The summed E-state index contributed by atoms with van der Waals surface area (Å²) in [7, 11) is 1.66. The number of methoxy groups -OCH3 is 1. The van der Waals surface area contributed by atoms with Crippen molar-refractivity contribution in [3.05, 3.63) is 23.5 Å². The third-order valence-corrected chi connectivity index (χ3v) is 3.96. The highest BCUT2D eigenvalue weighted by molar-refractivity contribution is 5.26. The van der Waals surface area contributed by atoms with Crippen LogP contribution in [0.2, 0.25) is 0 Å². The van der Waals surface area contributed by atoms with E-state index in [-0.39, 0.29) is 11.5 Å². The first-order chi connectivity index (χ1) is 8.43. The molecule has 0 radical (unpaired) electrons. The largest absolute Gasteiger partial charge is 0.497 e. The lowest BCUT2D eigenvalue weighted by Gasteiger charge is -2.49. The van der Waals surface area contributed by atoms with Crippen LogP contribution in [0.5, 0.6) is 5.75 Å². The number of pyridine rings is 1. The first-order valence-electron chi connectivity index (χ1n) is 6.36. The Morgan fingerprint density at radius 3 is 2.78 bits per heavy atom. The molecule has 18 heavy (non-hydrogen) atoms. The Labute approximate surface area is 108 Å². The molecule has 1 aliphatic rings. The maximum Gasteiger partial charge on any atom is 0.122 e. The van der Waals surface area contributed by atoms with Crippen molar-refractivity contribution in [1.82, 2.24) is 10.3 Å². The van der Waals surface area contributed by atoms with Crippen molar-refractivity contribution in [2.75, 3.05) is 7.11 Å². The minimum Gasteiger partial charge on any atom is -0.497 e. The van der Waals surface area contributed by atoms with E-state index in [1.54, 1.807) is 7.11 Å². The average molecular weight is 250 g/mol. The average Bonchev–Trinajstić information content (AvgIpc) is 2.33. The minimum atomic E-state index is -0.199. The van der Waals surface area contributed by atoms with Gasteiger partial charge in [0.15, 0.2) is 0 Å². The van der Waals surface area contributed by atoms with Crippen LogP contribution >= 0.6 is 0 Å². The van der Waals surface area contributed by atoms with Crippen LogP contribution in [0.4, 0.5) is 0 Å². The van der Waals surface area contributed by atoms with Gasteiger partial charge in [0.1, 0.15) is 5.75 Å². The summed E-state index contributed by atoms with van der Waals surface area (Å²) in [6.45, 7) is 6.84. The summed E-state index contributed by atoms with van der Waals surface area (Å²) in [6.07, 6.45) is 0.616. The second kappa shape index (κ2) is 4.86. The smallest absolute Gasteiger partial charge is 0.122 e. The van der Waals surface area contributed by atoms with Crippen molar-refractivity contribution in [2.45, 2.75) is 45.9 Å². The molecule has 1 aromatic rings. The van der Waals surface area contributed by atoms with Crippen LogP contribution in [-0.4, -0.2) is 29.3 Å². The molecule has 2 rings (SSSR count). The lowest BCUT2D eigenvalue weighted by molar-refractivity contribution is -0.0730. The van der Waals surface area contributed by atoms with Crippen molar-refractivity contribution in [2.24, 2.45) is 5.41 Å². The number of aromatic nitrogens is 1. The van der Waals surface area contributed by atoms with Gasteiger partial charge < -0.3 is 15.2 Å². The Hall–Kier alpha value is -1.13. The quantitative estimate of drug-likeness (QED) is 0.853. The predicted molar refractivity (Wildman–Crippen MR) is 70.6 cm³/mol. The zero-order valence-electron chi connectivity index (χ0n) is 11.5. The van der Waals surface area contributed by atoms with E-state index in [0.717, 1.165) is 23.6 Å². The molecule has 0 bridgehead atoms. The number of hydrogen-bond acceptors (Lipinski definition) is 4. The maximum absolute atomic E-state index is 9.69. The van der Waals surface area contributed by atoms with Crippen LogP contribution in [0, 0.1) is 12.3 Å². The van der Waals surface area contributed by atoms with E-state index in [1.807, 2.05) is 19.1 Å². The summed E-state index contributed by atoms with van der Waals surface area (Å²) in [4.78, 5) is 4.47. The lowest BCUT2D eigenvalue weighted by atomic mass is 9.64. The van der Waals surface area contributed by atoms with Gasteiger partial charge in [-0.2, -0.15) is 0 Å². The van der Waals surface area contributed by atoms with Gasteiger partial charge >= 0.3 is 0 Å². The molecule has 0 saturated heterocycles. The van der Waals surface area contributed by atoms with Crippen molar-refractivity contribution < 1.29 is 9.84 Å². The Balaban J connectivity index is 1.97. The number of aryl methyl sites for hydroxylation is 1.